The highest BCUT2D eigenvalue weighted by atomic mass is 15.2. The molecule has 0 fully saturated rings. The van der Waals surface area contributed by atoms with Gasteiger partial charge in [0.15, 0.2) is 0 Å². The summed E-state index contributed by atoms with van der Waals surface area (Å²) in [6.07, 6.45) is 4.10. The third-order valence-corrected chi connectivity index (χ3v) is 3.06. The Morgan fingerprint density at radius 1 is 1.39 bits per heavy atom. The zero-order chi connectivity index (χ0) is 13.4. The van der Waals surface area contributed by atoms with Crippen LogP contribution in [0.3, 0.4) is 0 Å². The highest BCUT2D eigenvalue weighted by Gasteiger charge is 2.01. The molecule has 0 aliphatic rings. The van der Waals surface area contributed by atoms with Crippen LogP contribution in [0.1, 0.15) is 26.7 Å². The number of nitrogen functional groups attached to an aromatic ring is 1. The maximum absolute atomic E-state index is 5.31. The smallest absolute Gasteiger partial charge is 0.141 e. The number of pyridine rings is 1. The summed E-state index contributed by atoms with van der Waals surface area (Å²) in [6, 6.07) is 4.47. The van der Waals surface area contributed by atoms with Gasteiger partial charge in [0.2, 0.25) is 0 Å². The molecular weight excluding hydrogens is 226 g/mol. The fraction of sp³-hybridized carbons (Fsp3) is 0.615. The van der Waals surface area contributed by atoms with Crippen LogP contribution < -0.4 is 16.6 Å². The van der Waals surface area contributed by atoms with Crippen molar-refractivity contribution in [2.75, 3.05) is 30.9 Å². The molecule has 0 atom stereocenters. The molecule has 0 amide bonds. The zero-order valence-electron chi connectivity index (χ0n) is 11.6. The summed E-state index contributed by atoms with van der Waals surface area (Å²) >= 11 is 0. The molecule has 1 heterocycles. The summed E-state index contributed by atoms with van der Waals surface area (Å²) in [5, 5.41) is 3.37. The third kappa shape index (κ3) is 5.33. The third-order valence-electron chi connectivity index (χ3n) is 3.06. The van der Waals surface area contributed by atoms with Crippen molar-refractivity contribution >= 4 is 11.5 Å². The summed E-state index contributed by atoms with van der Waals surface area (Å²) in [5.74, 6) is 5.99. The van der Waals surface area contributed by atoms with Crippen molar-refractivity contribution in [1.82, 2.24) is 9.88 Å². The van der Waals surface area contributed by atoms with Gasteiger partial charge in [0.05, 0.1) is 0 Å². The lowest BCUT2D eigenvalue weighted by molar-refractivity contribution is 0.269. The number of anilines is 2. The van der Waals surface area contributed by atoms with Crippen LogP contribution in [-0.2, 0) is 0 Å². The van der Waals surface area contributed by atoms with E-state index in [1.807, 2.05) is 12.1 Å². The van der Waals surface area contributed by atoms with Gasteiger partial charge in [-0.3, -0.25) is 0 Å². The van der Waals surface area contributed by atoms with E-state index in [9.17, 15) is 0 Å². The SMILES string of the molecule is CC(C)N(C)CCCCNc1ccnc(NN)c1. The Bertz CT molecular complexity index is 340. The van der Waals surface area contributed by atoms with E-state index in [2.05, 4.69) is 41.5 Å². The van der Waals surface area contributed by atoms with Crippen molar-refractivity contribution in [2.45, 2.75) is 32.7 Å². The standard InChI is InChI=1S/C13H25N5/c1-11(2)18(3)9-5-4-7-15-12-6-8-16-13(10-12)17-14/h6,8,10-11H,4-5,7,9,14H2,1-3H3,(H2,15,16,17). The number of nitrogens with one attached hydrogen (secondary N) is 2. The lowest BCUT2D eigenvalue weighted by atomic mass is 10.2. The van der Waals surface area contributed by atoms with Crippen LogP contribution in [0.5, 0.6) is 0 Å². The fourth-order valence-electron chi connectivity index (χ4n) is 1.60. The Morgan fingerprint density at radius 2 is 2.17 bits per heavy atom. The maximum Gasteiger partial charge on any atom is 0.141 e. The minimum Gasteiger partial charge on any atom is -0.385 e. The van der Waals surface area contributed by atoms with Crippen molar-refractivity contribution in [2.24, 2.45) is 5.84 Å². The van der Waals surface area contributed by atoms with Gasteiger partial charge in [-0.25, -0.2) is 10.8 Å². The Morgan fingerprint density at radius 3 is 2.83 bits per heavy atom. The van der Waals surface area contributed by atoms with Gasteiger partial charge in [-0.15, -0.1) is 0 Å². The number of nitrogens with two attached hydrogens (primary N) is 1. The molecular formula is C13H25N5. The van der Waals surface area contributed by atoms with Gasteiger partial charge >= 0.3 is 0 Å². The van der Waals surface area contributed by atoms with E-state index in [1.54, 1.807) is 6.20 Å². The number of hydrogen-bond acceptors (Lipinski definition) is 5. The molecule has 18 heavy (non-hydrogen) atoms. The molecule has 102 valence electrons. The first-order chi connectivity index (χ1) is 8.63. The van der Waals surface area contributed by atoms with Gasteiger partial charge in [-0.1, -0.05) is 0 Å². The minimum atomic E-state index is 0.622. The van der Waals surface area contributed by atoms with E-state index >= 15 is 0 Å². The summed E-state index contributed by atoms with van der Waals surface area (Å²) in [5.41, 5.74) is 3.59. The number of nitrogens with zero attached hydrogens (tertiary/aromatic N) is 2. The van der Waals surface area contributed by atoms with Crippen molar-refractivity contribution in [3.8, 4) is 0 Å². The first-order valence-electron chi connectivity index (χ1n) is 6.50. The Balaban J connectivity index is 2.17. The lowest BCUT2D eigenvalue weighted by Gasteiger charge is -2.20. The first-order valence-corrected chi connectivity index (χ1v) is 6.50. The quantitative estimate of drug-likeness (QED) is 0.374. The largest absolute Gasteiger partial charge is 0.385 e. The Hall–Kier alpha value is -1.33. The molecule has 1 aromatic rings. The average Bonchev–Trinajstić information content (AvgIpc) is 2.38. The molecule has 0 saturated heterocycles. The highest BCUT2D eigenvalue weighted by molar-refractivity contribution is 5.51. The molecule has 0 spiro atoms. The molecule has 4 N–H and O–H groups in total. The van der Waals surface area contributed by atoms with Crippen LogP contribution in [0.25, 0.3) is 0 Å². The average molecular weight is 251 g/mol. The van der Waals surface area contributed by atoms with Gasteiger partial charge in [0.25, 0.3) is 0 Å². The van der Waals surface area contributed by atoms with Gasteiger partial charge in [0, 0.05) is 30.5 Å². The van der Waals surface area contributed by atoms with Crippen molar-refractivity contribution in [3.05, 3.63) is 18.3 Å². The van der Waals surface area contributed by atoms with Gasteiger partial charge in [-0.2, -0.15) is 0 Å². The Kier molecular flexibility index (Phi) is 6.46. The van der Waals surface area contributed by atoms with Crippen LogP contribution in [0.2, 0.25) is 0 Å². The van der Waals surface area contributed by atoms with E-state index in [4.69, 9.17) is 5.84 Å². The monoisotopic (exact) mass is 251 g/mol. The van der Waals surface area contributed by atoms with Crippen molar-refractivity contribution in [1.29, 1.82) is 0 Å². The van der Waals surface area contributed by atoms with Crippen LogP contribution >= 0.6 is 0 Å². The van der Waals surface area contributed by atoms with E-state index in [0.29, 0.717) is 11.9 Å². The highest BCUT2D eigenvalue weighted by Crippen LogP contribution is 2.10. The molecule has 0 aromatic carbocycles. The lowest BCUT2D eigenvalue weighted by Crippen LogP contribution is -2.27. The summed E-state index contributed by atoms with van der Waals surface area (Å²) < 4.78 is 0. The molecule has 0 bridgehead atoms. The van der Waals surface area contributed by atoms with Crippen LogP contribution in [0.4, 0.5) is 11.5 Å². The molecule has 5 nitrogen and oxygen atoms in total. The van der Waals surface area contributed by atoms with E-state index < -0.39 is 0 Å². The molecule has 0 unspecified atom stereocenters. The number of hydrogen-bond donors (Lipinski definition) is 3. The van der Waals surface area contributed by atoms with E-state index in [0.717, 1.165) is 25.2 Å². The van der Waals surface area contributed by atoms with Crippen LogP contribution in [0, 0.1) is 0 Å². The first kappa shape index (κ1) is 14.7. The zero-order valence-corrected chi connectivity index (χ0v) is 11.6. The van der Waals surface area contributed by atoms with Crippen LogP contribution in [-0.4, -0.2) is 36.1 Å². The second-order valence-corrected chi connectivity index (χ2v) is 4.78. The summed E-state index contributed by atoms with van der Waals surface area (Å²) in [7, 11) is 2.17. The number of aromatic nitrogens is 1. The topological polar surface area (TPSA) is 66.2 Å². The predicted molar refractivity (Wildman–Crippen MR) is 77.5 cm³/mol. The maximum atomic E-state index is 5.31. The van der Waals surface area contributed by atoms with Gasteiger partial charge in [0.1, 0.15) is 5.82 Å². The van der Waals surface area contributed by atoms with E-state index in [1.165, 1.54) is 6.42 Å². The number of rotatable bonds is 8. The van der Waals surface area contributed by atoms with E-state index in [-0.39, 0.29) is 0 Å². The second kappa shape index (κ2) is 7.89. The summed E-state index contributed by atoms with van der Waals surface area (Å²) in [6.45, 7) is 6.55. The predicted octanol–water partition coefficient (Wildman–Crippen LogP) is 1.90. The normalized spacial score (nSPS) is 11.0. The number of unbranched alkanes of at least 4 members (excludes halogenated alkanes) is 1. The molecule has 0 aliphatic carbocycles. The second-order valence-electron chi connectivity index (χ2n) is 4.78. The van der Waals surface area contributed by atoms with Crippen LogP contribution in [0.15, 0.2) is 18.3 Å². The number of hydrazine groups is 1. The minimum absolute atomic E-state index is 0.622. The van der Waals surface area contributed by atoms with Crippen molar-refractivity contribution in [3.63, 3.8) is 0 Å². The van der Waals surface area contributed by atoms with Crippen molar-refractivity contribution < 1.29 is 0 Å². The molecule has 0 saturated carbocycles. The Labute approximate surface area is 110 Å². The molecule has 5 heteroatoms. The molecule has 1 rings (SSSR count). The summed E-state index contributed by atoms with van der Waals surface area (Å²) in [4.78, 5) is 6.43. The molecule has 0 radical (unpaired) electrons. The molecule has 0 aliphatic heterocycles. The fourth-order valence-corrected chi connectivity index (χ4v) is 1.60. The molecule has 1 aromatic heterocycles. The van der Waals surface area contributed by atoms with Gasteiger partial charge < -0.3 is 15.6 Å². The van der Waals surface area contributed by atoms with Gasteiger partial charge in [-0.05, 0) is 46.3 Å².